The molecule has 0 saturated carbocycles. The highest BCUT2D eigenvalue weighted by Crippen LogP contribution is 2.47. The number of carbonyl (C=O) groups is 1. The number of aliphatic hydroxyl groups excluding tert-OH is 1. The summed E-state index contributed by atoms with van der Waals surface area (Å²) in [4.78, 5) is 13.9. The second kappa shape index (κ2) is 7.55. The number of aliphatic hydroxyl groups is 1. The lowest BCUT2D eigenvalue weighted by molar-refractivity contribution is 0.0552. The van der Waals surface area contributed by atoms with E-state index in [1.165, 1.54) is 0 Å². The Morgan fingerprint density at radius 3 is 2.47 bits per heavy atom. The molecule has 3 aromatic rings. The number of hydrogen-bond donors (Lipinski definition) is 1. The Kier molecular flexibility index (Phi) is 4.99. The zero-order valence-corrected chi connectivity index (χ0v) is 18.9. The summed E-state index contributed by atoms with van der Waals surface area (Å²) in [7, 11) is 3.24. The normalized spacial score (nSPS) is 20.8. The van der Waals surface area contributed by atoms with Crippen LogP contribution in [0.5, 0.6) is 17.2 Å². The predicted molar refractivity (Wildman–Crippen MR) is 123 cm³/mol. The molecule has 2 atom stereocenters. The molecule has 0 aliphatic carbocycles. The first-order chi connectivity index (χ1) is 14.5. The van der Waals surface area contributed by atoms with Crippen molar-refractivity contribution in [3.05, 3.63) is 41.5 Å². The highest BCUT2D eigenvalue weighted by molar-refractivity contribution is 14.1. The molecule has 1 N–H and O–H groups in total. The fourth-order valence-corrected chi connectivity index (χ4v) is 5.36. The van der Waals surface area contributed by atoms with Crippen molar-refractivity contribution in [2.45, 2.75) is 31.5 Å². The van der Waals surface area contributed by atoms with Gasteiger partial charge in [-0.15, -0.1) is 0 Å². The first-order valence-corrected chi connectivity index (χ1v) is 11.0. The Morgan fingerprint density at radius 1 is 1.07 bits per heavy atom. The SMILES string of the molecule is COc1cc2c3c(c4ccc(OC(=O)I)cc4c2cc1OC)[C@H](O)[C@@H]1CCCN1C3. The minimum Gasteiger partial charge on any atom is -0.493 e. The maximum atomic E-state index is 11.5. The van der Waals surface area contributed by atoms with Gasteiger partial charge in [0.25, 0.3) is 0 Å². The number of fused-ring (bicyclic) bond motifs is 7. The number of nitrogens with zero attached hydrogens (tertiary/aromatic N) is 1. The highest BCUT2D eigenvalue weighted by Gasteiger charge is 2.39. The van der Waals surface area contributed by atoms with Gasteiger partial charge in [0.1, 0.15) is 5.75 Å². The van der Waals surface area contributed by atoms with Gasteiger partial charge in [0.2, 0.25) is 0 Å². The second-order valence-corrected chi connectivity index (χ2v) is 8.70. The van der Waals surface area contributed by atoms with Crippen LogP contribution in [0.3, 0.4) is 0 Å². The third kappa shape index (κ3) is 3.02. The molecule has 0 bridgehead atoms. The molecule has 1 saturated heterocycles. The topological polar surface area (TPSA) is 68.2 Å². The number of carbonyl (C=O) groups excluding carboxylic acids is 1. The van der Waals surface area contributed by atoms with E-state index in [2.05, 4.69) is 4.90 Å². The van der Waals surface area contributed by atoms with Gasteiger partial charge >= 0.3 is 3.98 Å². The first-order valence-electron chi connectivity index (χ1n) is 9.95. The molecule has 156 valence electrons. The van der Waals surface area contributed by atoms with Gasteiger partial charge < -0.3 is 19.3 Å². The number of benzene rings is 3. The molecule has 0 spiro atoms. The molecule has 0 radical (unpaired) electrons. The van der Waals surface area contributed by atoms with Crippen molar-refractivity contribution in [3.63, 3.8) is 0 Å². The van der Waals surface area contributed by atoms with Crippen LogP contribution in [-0.2, 0) is 6.54 Å². The van der Waals surface area contributed by atoms with E-state index >= 15 is 0 Å². The van der Waals surface area contributed by atoms with Crippen LogP contribution in [0.25, 0.3) is 21.5 Å². The Balaban J connectivity index is 1.87. The van der Waals surface area contributed by atoms with E-state index in [0.29, 0.717) is 17.2 Å². The second-order valence-electron chi connectivity index (χ2n) is 7.82. The van der Waals surface area contributed by atoms with Crippen LogP contribution in [0, 0.1) is 0 Å². The quantitative estimate of drug-likeness (QED) is 0.300. The van der Waals surface area contributed by atoms with Gasteiger partial charge in [0.15, 0.2) is 11.5 Å². The van der Waals surface area contributed by atoms with E-state index < -0.39 is 10.1 Å². The van der Waals surface area contributed by atoms with Crippen molar-refractivity contribution in [2.75, 3.05) is 20.8 Å². The smallest absolute Gasteiger partial charge is 0.372 e. The molecule has 5 rings (SSSR count). The van der Waals surface area contributed by atoms with Crippen LogP contribution in [-0.4, -0.2) is 40.8 Å². The maximum absolute atomic E-state index is 11.5. The standard InChI is InChI=1S/C23H22INO5/c1-28-19-9-15-14-8-12(30-23(24)27)5-6-13(14)21-17(16(15)10-20(19)29-2)11-25-7-3-4-18(25)22(21)26/h5-6,8-10,18,22,26H,3-4,7,11H2,1-2H3/t18-,22+/m0/s1. The largest absolute Gasteiger partial charge is 0.493 e. The van der Waals surface area contributed by atoms with Crippen LogP contribution >= 0.6 is 22.6 Å². The fraction of sp³-hybridized carbons (Fsp3) is 0.348. The Labute approximate surface area is 187 Å². The molecule has 2 aliphatic rings. The Morgan fingerprint density at radius 2 is 1.77 bits per heavy atom. The summed E-state index contributed by atoms with van der Waals surface area (Å²) in [5, 5.41) is 15.3. The average Bonchev–Trinajstić information content (AvgIpc) is 3.21. The molecular weight excluding hydrogens is 497 g/mol. The summed E-state index contributed by atoms with van der Waals surface area (Å²) in [6.07, 6.45) is 1.53. The molecule has 2 aliphatic heterocycles. The lowest BCUT2D eigenvalue weighted by Crippen LogP contribution is -2.39. The number of methoxy groups -OCH3 is 2. The van der Waals surface area contributed by atoms with Crippen molar-refractivity contribution in [3.8, 4) is 17.2 Å². The van der Waals surface area contributed by atoms with Crippen LogP contribution in [0.15, 0.2) is 30.3 Å². The number of ether oxygens (including phenoxy) is 3. The lowest BCUT2D eigenvalue weighted by atomic mass is 9.83. The number of rotatable bonds is 3. The van der Waals surface area contributed by atoms with Gasteiger partial charge in [-0.2, -0.15) is 0 Å². The zero-order chi connectivity index (χ0) is 21.0. The molecule has 3 aromatic carbocycles. The maximum Gasteiger partial charge on any atom is 0.372 e. The summed E-state index contributed by atoms with van der Waals surface area (Å²) in [6, 6.07) is 9.72. The summed E-state index contributed by atoms with van der Waals surface area (Å²) < 4.78 is 16.1. The van der Waals surface area contributed by atoms with E-state index in [-0.39, 0.29) is 6.04 Å². The predicted octanol–water partition coefficient (Wildman–Crippen LogP) is 4.96. The van der Waals surface area contributed by atoms with Crippen LogP contribution in [0.2, 0.25) is 0 Å². The fourth-order valence-electron chi connectivity index (χ4n) is 5.11. The summed E-state index contributed by atoms with van der Waals surface area (Å²) in [6.45, 7) is 1.79. The first kappa shape index (κ1) is 19.8. The van der Waals surface area contributed by atoms with E-state index in [1.807, 2.05) is 24.3 Å². The third-order valence-corrected chi connectivity index (χ3v) is 6.60. The van der Waals surface area contributed by atoms with Crippen LogP contribution in [0.1, 0.15) is 30.1 Å². The van der Waals surface area contributed by atoms with Crippen molar-refractivity contribution >= 4 is 48.1 Å². The molecule has 6 nitrogen and oxygen atoms in total. The Hall–Kier alpha value is -2.10. The molecule has 0 aromatic heterocycles. The van der Waals surface area contributed by atoms with E-state index in [4.69, 9.17) is 14.2 Å². The van der Waals surface area contributed by atoms with Crippen LogP contribution < -0.4 is 14.2 Å². The molecule has 2 heterocycles. The minimum atomic E-state index is -0.561. The number of hydrogen-bond acceptors (Lipinski definition) is 6. The minimum absolute atomic E-state index is 0.144. The van der Waals surface area contributed by atoms with Gasteiger partial charge in [0.05, 0.1) is 42.9 Å². The summed E-state index contributed by atoms with van der Waals surface area (Å²) >= 11 is 1.62. The van der Waals surface area contributed by atoms with E-state index in [1.54, 1.807) is 42.9 Å². The lowest BCUT2D eigenvalue weighted by Gasteiger charge is -2.37. The van der Waals surface area contributed by atoms with Crippen molar-refractivity contribution in [1.29, 1.82) is 0 Å². The van der Waals surface area contributed by atoms with Gasteiger partial charge in [-0.3, -0.25) is 4.90 Å². The van der Waals surface area contributed by atoms with Gasteiger partial charge in [0, 0.05) is 12.6 Å². The van der Waals surface area contributed by atoms with Gasteiger partial charge in [-0.25, -0.2) is 4.79 Å². The molecule has 30 heavy (non-hydrogen) atoms. The summed E-state index contributed by atoms with van der Waals surface area (Å²) in [5.74, 6) is 1.77. The highest BCUT2D eigenvalue weighted by atomic mass is 127. The zero-order valence-electron chi connectivity index (χ0n) is 16.8. The van der Waals surface area contributed by atoms with Crippen molar-refractivity contribution in [2.24, 2.45) is 0 Å². The molecule has 0 unspecified atom stereocenters. The van der Waals surface area contributed by atoms with Gasteiger partial charge in [-0.1, -0.05) is 6.07 Å². The van der Waals surface area contributed by atoms with Crippen molar-refractivity contribution in [1.82, 2.24) is 4.90 Å². The van der Waals surface area contributed by atoms with Crippen LogP contribution in [0.4, 0.5) is 4.79 Å². The van der Waals surface area contributed by atoms with E-state index in [9.17, 15) is 9.90 Å². The van der Waals surface area contributed by atoms with E-state index in [0.717, 1.165) is 58.6 Å². The molecule has 0 amide bonds. The van der Waals surface area contributed by atoms with Gasteiger partial charge in [-0.05, 0) is 76.3 Å². The molecule has 1 fully saturated rings. The Bertz CT molecular complexity index is 1180. The monoisotopic (exact) mass is 519 g/mol. The van der Waals surface area contributed by atoms with Crippen molar-refractivity contribution < 1.29 is 24.1 Å². The summed E-state index contributed by atoms with van der Waals surface area (Å²) in [5.41, 5.74) is 2.10. The molecule has 7 heteroatoms. The number of halogens is 1. The average molecular weight is 519 g/mol. The third-order valence-electron chi connectivity index (χ3n) is 6.38. The molecular formula is C23H22INO5.